The molecule has 0 spiro atoms. The molecule has 1 aromatic carbocycles. The number of aromatic nitrogens is 2. The fourth-order valence-corrected chi connectivity index (χ4v) is 2.83. The highest BCUT2D eigenvalue weighted by atomic mass is 16.5. The van der Waals surface area contributed by atoms with Crippen molar-refractivity contribution in [3.05, 3.63) is 41.6 Å². The van der Waals surface area contributed by atoms with Crippen LogP contribution in [0.3, 0.4) is 0 Å². The van der Waals surface area contributed by atoms with Crippen molar-refractivity contribution in [2.24, 2.45) is 11.7 Å². The Morgan fingerprint density at radius 1 is 1.33 bits per heavy atom. The molecule has 1 aliphatic rings. The van der Waals surface area contributed by atoms with Gasteiger partial charge < -0.3 is 15.8 Å². The first-order chi connectivity index (χ1) is 11.5. The molecule has 1 aromatic heterocycles. The Hall–Kier alpha value is -2.83. The third-order valence-corrected chi connectivity index (χ3v) is 4.37. The third-order valence-electron chi connectivity index (χ3n) is 4.37. The fourth-order valence-electron chi connectivity index (χ4n) is 2.83. The van der Waals surface area contributed by atoms with Crippen molar-refractivity contribution in [3.63, 3.8) is 0 Å². The van der Waals surface area contributed by atoms with Crippen molar-refractivity contribution in [2.45, 2.75) is 25.2 Å². The summed E-state index contributed by atoms with van der Waals surface area (Å²) in [5.41, 5.74) is 7.09. The Balaban J connectivity index is 1.52. The predicted molar refractivity (Wildman–Crippen MR) is 88.6 cm³/mol. The highest BCUT2D eigenvalue weighted by Crippen LogP contribution is 2.40. The Kier molecular flexibility index (Phi) is 4.50. The van der Waals surface area contributed by atoms with Crippen LogP contribution in [0.2, 0.25) is 0 Å². The van der Waals surface area contributed by atoms with Crippen LogP contribution in [0.4, 0.5) is 5.82 Å². The molecule has 2 amide bonds. The molecular formula is C17H20N4O3. The lowest BCUT2D eigenvalue weighted by Crippen LogP contribution is -2.33. The Morgan fingerprint density at radius 3 is 2.67 bits per heavy atom. The predicted octanol–water partition coefficient (Wildman–Crippen LogP) is 1.58. The van der Waals surface area contributed by atoms with Gasteiger partial charge in [0.2, 0.25) is 11.8 Å². The quantitative estimate of drug-likeness (QED) is 0.747. The van der Waals surface area contributed by atoms with Crippen LogP contribution in [0, 0.1) is 5.92 Å². The van der Waals surface area contributed by atoms with Gasteiger partial charge in [0.05, 0.1) is 13.5 Å². The van der Waals surface area contributed by atoms with Crippen LogP contribution in [0.15, 0.2) is 30.3 Å². The minimum atomic E-state index is -0.251. The van der Waals surface area contributed by atoms with Crippen molar-refractivity contribution in [1.29, 1.82) is 0 Å². The van der Waals surface area contributed by atoms with Gasteiger partial charge in [-0.15, -0.1) is 0 Å². The SMILES string of the molecule is COc1ccc(CC(=O)Nc2cc(C3CC(C(N)=O)C3)[nH]n2)cc1. The third kappa shape index (κ3) is 3.56. The lowest BCUT2D eigenvalue weighted by atomic mass is 9.73. The standard InChI is InChI=1S/C17H20N4O3/c1-24-13-4-2-10(3-5-13)6-16(22)19-15-9-14(20-21-15)11-7-12(8-11)17(18)23/h2-5,9,11-12H,6-8H2,1H3,(H2,18,23)(H2,19,20,21,22). The summed E-state index contributed by atoms with van der Waals surface area (Å²) in [7, 11) is 1.60. The molecule has 1 aliphatic carbocycles. The average molecular weight is 328 g/mol. The van der Waals surface area contributed by atoms with Crippen molar-refractivity contribution in [3.8, 4) is 5.75 Å². The molecule has 1 saturated carbocycles. The van der Waals surface area contributed by atoms with E-state index in [2.05, 4.69) is 15.5 Å². The Labute approximate surface area is 139 Å². The molecule has 1 heterocycles. The van der Waals surface area contributed by atoms with E-state index in [0.717, 1.165) is 29.8 Å². The number of amides is 2. The topological polar surface area (TPSA) is 110 Å². The van der Waals surface area contributed by atoms with E-state index >= 15 is 0 Å². The number of benzene rings is 1. The van der Waals surface area contributed by atoms with E-state index in [1.165, 1.54) is 0 Å². The van der Waals surface area contributed by atoms with Crippen LogP contribution in [0.1, 0.15) is 30.0 Å². The van der Waals surface area contributed by atoms with Gasteiger partial charge in [0, 0.05) is 23.6 Å². The molecular weight excluding hydrogens is 308 g/mol. The van der Waals surface area contributed by atoms with E-state index in [4.69, 9.17) is 10.5 Å². The summed E-state index contributed by atoms with van der Waals surface area (Å²) in [5.74, 6) is 1.06. The maximum Gasteiger partial charge on any atom is 0.229 e. The van der Waals surface area contributed by atoms with Gasteiger partial charge in [0.25, 0.3) is 0 Å². The molecule has 1 fully saturated rings. The molecule has 7 nitrogen and oxygen atoms in total. The number of nitrogens with zero attached hydrogens (tertiary/aromatic N) is 1. The van der Waals surface area contributed by atoms with Gasteiger partial charge >= 0.3 is 0 Å². The first kappa shape index (κ1) is 16.0. The zero-order valence-electron chi connectivity index (χ0n) is 13.4. The number of carbonyl (C=O) groups excluding carboxylic acids is 2. The van der Waals surface area contributed by atoms with Gasteiger partial charge in [0.1, 0.15) is 5.75 Å². The van der Waals surface area contributed by atoms with Crippen molar-refractivity contribution in [2.75, 3.05) is 12.4 Å². The summed E-state index contributed by atoms with van der Waals surface area (Å²) >= 11 is 0. The molecule has 0 radical (unpaired) electrons. The summed E-state index contributed by atoms with van der Waals surface area (Å²) in [6, 6.07) is 9.16. The molecule has 0 saturated heterocycles. The second-order valence-electron chi connectivity index (χ2n) is 6.05. The van der Waals surface area contributed by atoms with Crippen LogP contribution in [-0.2, 0) is 16.0 Å². The highest BCUT2D eigenvalue weighted by molar-refractivity contribution is 5.91. The van der Waals surface area contributed by atoms with Crippen LogP contribution >= 0.6 is 0 Å². The molecule has 0 unspecified atom stereocenters. The first-order valence-electron chi connectivity index (χ1n) is 7.82. The molecule has 0 aliphatic heterocycles. The second kappa shape index (κ2) is 6.74. The monoisotopic (exact) mass is 328 g/mol. The maximum atomic E-state index is 12.1. The van der Waals surface area contributed by atoms with Crippen molar-refractivity contribution >= 4 is 17.6 Å². The lowest BCUT2D eigenvalue weighted by Gasteiger charge is -2.31. The summed E-state index contributed by atoms with van der Waals surface area (Å²) in [6.07, 6.45) is 1.73. The largest absolute Gasteiger partial charge is 0.497 e. The van der Waals surface area contributed by atoms with Crippen molar-refractivity contribution in [1.82, 2.24) is 10.2 Å². The average Bonchev–Trinajstić information content (AvgIpc) is 2.94. The maximum absolute atomic E-state index is 12.1. The lowest BCUT2D eigenvalue weighted by molar-refractivity contribution is -0.124. The van der Waals surface area contributed by atoms with Crippen molar-refractivity contribution < 1.29 is 14.3 Å². The summed E-state index contributed by atoms with van der Waals surface area (Å²) in [5, 5.41) is 9.80. The Morgan fingerprint density at radius 2 is 2.04 bits per heavy atom. The zero-order valence-corrected chi connectivity index (χ0v) is 13.4. The number of ether oxygens (including phenoxy) is 1. The summed E-state index contributed by atoms with van der Waals surface area (Å²) < 4.78 is 5.09. The number of aromatic amines is 1. The second-order valence-corrected chi connectivity index (χ2v) is 6.05. The van der Waals surface area contributed by atoms with E-state index in [1.54, 1.807) is 7.11 Å². The molecule has 24 heavy (non-hydrogen) atoms. The smallest absolute Gasteiger partial charge is 0.229 e. The van der Waals surface area contributed by atoms with E-state index in [0.29, 0.717) is 5.82 Å². The zero-order chi connectivity index (χ0) is 17.1. The number of primary amides is 1. The number of carbonyl (C=O) groups is 2. The van der Waals surface area contributed by atoms with Crippen LogP contribution in [0.5, 0.6) is 5.75 Å². The number of hydrogen-bond donors (Lipinski definition) is 3. The number of hydrogen-bond acceptors (Lipinski definition) is 4. The van der Waals surface area contributed by atoms with E-state index in [-0.39, 0.29) is 30.1 Å². The molecule has 0 bridgehead atoms. The number of rotatable bonds is 6. The van der Waals surface area contributed by atoms with Gasteiger partial charge in [0.15, 0.2) is 5.82 Å². The minimum Gasteiger partial charge on any atom is -0.497 e. The van der Waals surface area contributed by atoms with E-state index < -0.39 is 0 Å². The number of methoxy groups -OCH3 is 1. The van der Waals surface area contributed by atoms with E-state index in [1.807, 2.05) is 30.3 Å². The van der Waals surface area contributed by atoms with Gasteiger partial charge in [-0.3, -0.25) is 14.7 Å². The van der Waals surface area contributed by atoms with Gasteiger partial charge in [-0.1, -0.05) is 12.1 Å². The normalized spacial score (nSPS) is 19.4. The number of nitrogens with two attached hydrogens (primary N) is 1. The van der Waals surface area contributed by atoms with Crippen LogP contribution in [-0.4, -0.2) is 29.1 Å². The molecule has 3 rings (SSSR count). The molecule has 2 aromatic rings. The summed E-state index contributed by atoms with van der Waals surface area (Å²) in [6.45, 7) is 0. The number of H-pyrrole nitrogens is 1. The van der Waals surface area contributed by atoms with Crippen LogP contribution in [0.25, 0.3) is 0 Å². The first-order valence-corrected chi connectivity index (χ1v) is 7.82. The van der Waals surface area contributed by atoms with E-state index in [9.17, 15) is 9.59 Å². The van der Waals surface area contributed by atoms with Crippen LogP contribution < -0.4 is 15.8 Å². The summed E-state index contributed by atoms with van der Waals surface area (Å²) in [4.78, 5) is 23.1. The number of anilines is 1. The number of nitrogens with one attached hydrogen (secondary N) is 2. The Bertz CT molecular complexity index is 733. The molecule has 126 valence electrons. The van der Waals surface area contributed by atoms with Gasteiger partial charge in [-0.05, 0) is 30.5 Å². The van der Waals surface area contributed by atoms with Gasteiger partial charge in [-0.25, -0.2) is 0 Å². The fraction of sp³-hybridized carbons (Fsp3) is 0.353. The minimum absolute atomic E-state index is 0.0496. The van der Waals surface area contributed by atoms with Gasteiger partial charge in [-0.2, -0.15) is 5.10 Å². The highest BCUT2D eigenvalue weighted by Gasteiger charge is 2.35. The molecule has 7 heteroatoms. The molecule has 0 atom stereocenters. The molecule has 4 N–H and O–H groups in total.